The SMILES string of the molecule is CC/C=C\C/C=C\C/C=C\CCCC(=O)OCC(COC(=O)CCCCCCCCCCCC/C=C\C=C/CCCCC)OC(=O)CCCCCCC/C=C\CCCCCCCCC. The van der Waals surface area contributed by atoms with Gasteiger partial charge in [0.2, 0.25) is 0 Å². The van der Waals surface area contributed by atoms with Crippen molar-refractivity contribution in [2.24, 2.45) is 0 Å². The predicted octanol–water partition coefficient (Wildman–Crippen LogP) is 17.8. The maximum absolute atomic E-state index is 12.8. The largest absolute Gasteiger partial charge is 0.462 e. The van der Waals surface area contributed by atoms with E-state index in [1.54, 1.807) is 0 Å². The van der Waals surface area contributed by atoms with Gasteiger partial charge in [-0.25, -0.2) is 0 Å². The Morgan fingerprint density at radius 2 is 0.672 bits per heavy atom. The molecule has 0 rings (SSSR count). The van der Waals surface area contributed by atoms with Gasteiger partial charge in [-0.2, -0.15) is 0 Å². The zero-order valence-electron chi connectivity index (χ0n) is 42.0. The summed E-state index contributed by atoms with van der Waals surface area (Å²) < 4.78 is 16.8. The highest BCUT2D eigenvalue weighted by Crippen LogP contribution is 2.15. The van der Waals surface area contributed by atoms with E-state index in [-0.39, 0.29) is 37.5 Å². The molecule has 0 spiro atoms. The topological polar surface area (TPSA) is 78.9 Å². The Hall–Kier alpha value is -3.15. The fourth-order valence-corrected chi connectivity index (χ4v) is 7.39. The quantitative estimate of drug-likeness (QED) is 0.0199. The van der Waals surface area contributed by atoms with E-state index in [9.17, 15) is 14.4 Å². The van der Waals surface area contributed by atoms with Gasteiger partial charge in [-0.3, -0.25) is 14.4 Å². The lowest BCUT2D eigenvalue weighted by Crippen LogP contribution is -2.30. The minimum atomic E-state index is -0.800. The van der Waals surface area contributed by atoms with E-state index in [0.717, 1.165) is 77.0 Å². The van der Waals surface area contributed by atoms with Gasteiger partial charge in [0.15, 0.2) is 6.10 Å². The van der Waals surface area contributed by atoms with E-state index in [2.05, 4.69) is 93.7 Å². The van der Waals surface area contributed by atoms with Crippen molar-refractivity contribution in [1.82, 2.24) is 0 Å². The van der Waals surface area contributed by atoms with Crippen LogP contribution in [0.4, 0.5) is 0 Å². The van der Waals surface area contributed by atoms with Gasteiger partial charge in [-0.15, -0.1) is 0 Å². The predicted molar refractivity (Wildman–Crippen MR) is 274 cm³/mol. The number of unbranched alkanes of at least 4 members (excludes halogenated alkanes) is 26. The Morgan fingerprint density at radius 1 is 0.344 bits per heavy atom. The van der Waals surface area contributed by atoms with Crippen molar-refractivity contribution < 1.29 is 28.6 Å². The van der Waals surface area contributed by atoms with Gasteiger partial charge in [0.25, 0.3) is 0 Å². The van der Waals surface area contributed by atoms with Crippen LogP contribution < -0.4 is 0 Å². The Balaban J connectivity index is 4.38. The molecule has 0 saturated carbocycles. The van der Waals surface area contributed by atoms with E-state index >= 15 is 0 Å². The second kappa shape index (κ2) is 52.5. The number of esters is 3. The first kappa shape index (κ1) is 60.9. The lowest BCUT2D eigenvalue weighted by molar-refractivity contribution is -0.167. The summed E-state index contributed by atoms with van der Waals surface area (Å²) in [5.74, 6) is -0.961. The van der Waals surface area contributed by atoms with Gasteiger partial charge in [0, 0.05) is 19.3 Å². The highest BCUT2D eigenvalue weighted by atomic mass is 16.6. The van der Waals surface area contributed by atoms with Gasteiger partial charge in [0.05, 0.1) is 0 Å². The maximum atomic E-state index is 12.8. The summed E-state index contributed by atoms with van der Waals surface area (Å²) in [6, 6.07) is 0. The van der Waals surface area contributed by atoms with Crippen LogP contribution in [-0.4, -0.2) is 37.2 Å². The van der Waals surface area contributed by atoms with E-state index in [1.165, 1.54) is 135 Å². The number of hydrogen-bond acceptors (Lipinski definition) is 6. The van der Waals surface area contributed by atoms with Crippen molar-refractivity contribution in [2.75, 3.05) is 13.2 Å². The van der Waals surface area contributed by atoms with Crippen molar-refractivity contribution >= 4 is 17.9 Å². The summed E-state index contributed by atoms with van der Waals surface area (Å²) in [7, 11) is 0. The highest BCUT2D eigenvalue weighted by Gasteiger charge is 2.19. The Bertz CT molecular complexity index is 1210. The third kappa shape index (κ3) is 49.9. The normalized spacial score (nSPS) is 12.6. The van der Waals surface area contributed by atoms with E-state index in [1.807, 2.05) is 0 Å². The highest BCUT2D eigenvalue weighted by molar-refractivity contribution is 5.71. The van der Waals surface area contributed by atoms with Crippen LogP contribution in [0.15, 0.2) is 72.9 Å². The molecule has 0 aromatic carbocycles. The van der Waals surface area contributed by atoms with Gasteiger partial charge < -0.3 is 14.2 Å². The van der Waals surface area contributed by atoms with E-state index < -0.39 is 6.10 Å². The number of carbonyl (C=O) groups excluding carboxylic acids is 3. The Kier molecular flexibility index (Phi) is 49.9. The molecule has 0 bridgehead atoms. The van der Waals surface area contributed by atoms with Crippen molar-refractivity contribution in [1.29, 1.82) is 0 Å². The van der Waals surface area contributed by atoms with Crippen LogP contribution in [0.3, 0.4) is 0 Å². The number of hydrogen-bond donors (Lipinski definition) is 0. The second-order valence-corrected chi connectivity index (χ2v) is 17.8. The monoisotopic (exact) mass is 893 g/mol. The molecule has 6 heteroatoms. The molecule has 0 aliphatic carbocycles. The zero-order valence-corrected chi connectivity index (χ0v) is 42.0. The molecular weight excluding hydrogens is 793 g/mol. The molecule has 64 heavy (non-hydrogen) atoms. The van der Waals surface area contributed by atoms with Gasteiger partial charge in [-0.1, -0.05) is 216 Å². The van der Waals surface area contributed by atoms with Crippen molar-refractivity contribution in [3.05, 3.63) is 72.9 Å². The van der Waals surface area contributed by atoms with E-state index in [0.29, 0.717) is 19.3 Å². The van der Waals surface area contributed by atoms with Crippen LogP contribution in [0.2, 0.25) is 0 Å². The fourth-order valence-electron chi connectivity index (χ4n) is 7.39. The van der Waals surface area contributed by atoms with Gasteiger partial charge in [0.1, 0.15) is 13.2 Å². The molecule has 0 aromatic heterocycles. The first-order valence-electron chi connectivity index (χ1n) is 27.0. The molecule has 368 valence electrons. The molecule has 0 aromatic rings. The summed E-state index contributed by atoms with van der Waals surface area (Å²) in [6.07, 6.45) is 66.1. The third-order valence-electron chi connectivity index (χ3n) is 11.4. The molecule has 1 atom stereocenters. The summed E-state index contributed by atoms with van der Waals surface area (Å²) >= 11 is 0. The lowest BCUT2D eigenvalue weighted by atomic mass is 10.1. The molecule has 0 aliphatic heterocycles. The van der Waals surface area contributed by atoms with Crippen molar-refractivity contribution in [3.63, 3.8) is 0 Å². The van der Waals surface area contributed by atoms with Crippen LogP contribution in [0.25, 0.3) is 0 Å². The minimum absolute atomic E-state index is 0.0960. The molecule has 0 saturated heterocycles. The van der Waals surface area contributed by atoms with Crippen molar-refractivity contribution in [3.8, 4) is 0 Å². The zero-order chi connectivity index (χ0) is 46.5. The van der Waals surface area contributed by atoms with Gasteiger partial charge >= 0.3 is 17.9 Å². The van der Waals surface area contributed by atoms with Crippen LogP contribution in [-0.2, 0) is 28.6 Å². The summed E-state index contributed by atoms with van der Waals surface area (Å²) in [5.41, 5.74) is 0. The standard InChI is InChI=1S/C58H100O6/c1-4-7-10-13-16-19-22-24-26-28-29-30-32-33-36-39-42-45-48-51-57(60)63-54-55(53-62-56(59)50-47-44-41-38-35-21-18-15-12-9-6-3)64-58(61)52-49-46-43-40-37-34-31-27-25-23-20-17-14-11-8-5-2/h9,12,16,18-19,21-22,24,27,31,38,41,55H,4-8,10-11,13-15,17,20,23,25-26,28-30,32-37,39-40,42-54H2,1-3H3/b12-9-,19-16-,21-18-,24-22-,31-27-,41-38-. The summed E-state index contributed by atoms with van der Waals surface area (Å²) in [6.45, 7) is 6.44. The summed E-state index contributed by atoms with van der Waals surface area (Å²) in [4.78, 5) is 38.0. The van der Waals surface area contributed by atoms with Gasteiger partial charge in [-0.05, 0) is 96.3 Å². The third-order valence-corrected chi connectivity index (χ3v) is 11.4. The first-order valence-corrected chi connectivity index (χ1v) is 27.0. The molecule has 0 aliphatic rings. The minimum Gasteiger partial charge on any atom is -0.462 e. The Labute approximate surface area is 395 Å². The number of allylic oxidation sites excluding steroid dienone is 12. The second-order valence-electron chi connectivity index (χ2n) is 17.8. The smallest absolute Gasteiger partial charge is 0.306 e. The molecule has 0 N–H and O–H groups in total. The number of rotatable bonds is 48. The Morgan fingerprint density at radius 3 is 1.16 bits per heavy atom. The fraction of sp³-hybridized carbons (Fsp3) is 0.741. The maximum Gasteiger partial charge on any atom is 0.306 e. The molecule has 6 nitrogen and oxygen atoms in total. The molecule has 0 amide bonds. The van der Waals surface area contributed by atoms with Crippen LogP contribution in [0.5, 0.6) is 0 Å². The average Bonchev–Trinajstić information content (AvgIpc) is 3.29. The van der Waals surface area contributed by atoms with Crippen LogP contribution in [0, 0.1) is 0 Å². The average molecular weight is 893 g/mol. The number of ether oxygens (including phenoxy) is 3. The molecule has 0 radical (unpaired) electrons. The molecule has 0 heterocycles. The van der Waals surface area contributed by atoms with Crippen LogP contribution >= 0.6 is 0 Å². The van der Waals surface area contributed by atoms with E-state index in [4.69, 9.17) is 14.2 Å². The van der Waals surface area contributed by atoms with Crippen molar-refractivity contribution in [2.45, 2.75) is 264 Å². The first-order chi connectivity index (χ1) is 31.5. The molecular formula is C58H100O6. The molecule has 0 fully saturated rings. The van der Waals surface area contributed by atoms with Crippen LogP contribution in [0.1, 0.15) is 258 Å². The number of carbonyl (C=O) groups is 3. The molecule has 1 unspecified atom stereocenters. The lowest BCUT2D eigenvalue weighted by Gasteiger charge is -2.18. The summed E-state index contributed by atoms with van der Waals surface area (Å²) in [5, 5.41) is 0.